The Kier molecular flexibility index (Phi) is 11.0. The van der Waals surface area contributed by atoms with Crippen LogP contribution in [-0.4, -0.2) is 18.8 Å². The largest absolute Gasteiger partial charge is 0.468 e. The van der Waals surface area contributed by atoms with Crippen molar-refractivity contribution in [3.63, 3.8) is 0 Å². The Balaban J connectivity index is 0.000000828. The van der Waals surface area contributed by atoms with E-state index in [9.17, 15) is 9.18 Å². The predicted octanol–water partition coefficient (Wildman–Crippen LogP) is 6.61. The zero-order valence-electron chi connectivity index (χ0n) is 15.0. The quantitative estimate of drug-likeness (QED) is 0.243. The zero-order chi connectivity index (χ0) is 20.4. The Morgan fingerprint density at radius 2 is 1.89 bits per heavy atom. The molecule has 0 amide bonds. The molecule has 2 aromatic rings. The fourth-order valence-corrected chi connectivity index (χ4v) is 3.00. The van der Waals surface area contributed by atoms with Gasteiger partial charge in [0.05, 0.1) is 7.11 Å². The summed E-state index contributed by atoms with van der Waals surface area (Å²) in [6.07, 6.45) is 1.18. The zero-order valence-corrected chi connectivity index (χ0v) is 19.7. The Morgan fingerprint density at radius 3 is 2.37 bits per heavy atom. The molecule has 0 saturated heterocycles. The summed E-state index contributed by atoms with van der Waals surface area (Å²) in [5, 5.41) is 0. The molecule has 0 bridgehead atoms. The van der Waals surface area contributed by atoms with Gasteiger partial charge < -0.3 is 7.80 Å². The average molecular weight is 567 g/mol. The van der Waals surface area contributed by atoms with Crippen LogP contribution in [-0.2, 0) is 9.53 Å². The monoisotopic (exact) mass is 566 g/mol. The Morgan fingerprint density at radius 1 is 1.30 bits per heavy atom. The number of rotatable bonds is 6. The number of carbonyl (C=O) groups excluding carboxylic acids is 1. The first kappa shape index (κ1) is 24.0. The lowest BCUT2D eigenvalue weighted by Crippen LogP contribution is -2.16. The molecule has 1 atom stereocenters. The van der Waals surface area contributed by atoms with Gasteiger partial charge in [0, 0.05) is 10.0 Å². The van der Waals surface area contributed by atoms with Gasteiger partial charge in [-0.1, -0.05) is 41.6 Å². The second kappa shape index (κ2) is 12.4. The SMILES string of the molecule is C=C(c1ccc(F)cc1)C(C(=O)OC)c1cc(Br)ccc1OI.CCCS. The van der Waals surface area contributed by atoms with Crippen molar-refractivity contribution in [2.75, 3.05) is 12.9 Å². The summed E-state index contributed by atoms with van der Waals surface area (Å²) in [5.74, 6) is -0.0257. The number of methoxy groups -OCH3 is 1. The van der Waals surface area contributed by atoms with Crippen LogP contribution in [0.4, 0.5) is 4.39 Å². The van der Waals surface area contributed by atoms with Gasteiger partial charge >= 0.3 is 5.97 Å². The van der Waals surface area contributed by atoms with Crippen molar-refractivity contribution in [3.8, 4) is 5.75 Å². The molecule has 27 heavy (non-hydrogen) atoms. The summed E-state index contributed by atoms with van der Waals surface area (Å²) in [4.78, 5) is 12.3. The molecule has 0 saturated carbocycles. The summed E-state index contributed by atoms with van der Waals surface area (Å²) in [6, 6.07) is 11.2. The van der Waals surface area contributed by atoms with E-state index in [1.165, 1.54) is 25.7 Å². The van der Waals surface area contributed by atoms with E-state index in [1.807, 2.05) is 6.07 Å². The van der Waals surface area contributed by atoms with Crippen molar-refractivity contribution in [3.05, 3.63) is 70.5 Å². The minimum atomic E-state index is -0.757. The average Bonchev–Trinajstić information content (AvgIpc) is 2.68. The maximum Gasteiger partial charge on any atom is 0.317 e. The molecule has 0 aromatic heterocycles. The second-order valence-electron chi connectivity index (χ2n) is 5.47. The molecule has 0 radical (unpaired) electrons. The molecule has 2 aromatic carbocycles. The third-order valence-electron chi connectivity index (χ3n) is 3.59. The molecular weight excluding hydrogens is 546 g/mol. The predicted molar refractivity (Wildman–Crippen MR) is 123 cm³/mol. The summed E-state index contributed by atoms with van der Waals surface area (Å²) >= 11 is 9.07. The van der Waals surface area contributed by atoms with E-state index in [-0.39, 0.29) is 5.82 Å². The highest BCUT2D eigenvalue weighted by Crippen LogP contribution is 2.39. The molecular formula is C20H21BrFIO3S. The first-order chi connectivity index (χ1) is 12.9. The van der Waals surface area contributed by atoms with Crippen LogP contribution in [0.5, 0.6) is 5.75 Å². The fourth-order valence-electron chi connectivity index (χ4n) is 2.22. The minimum absolute atomic E-state index is 0.352. The molecule has 0 aliphatic rings. The van der Waals surface area contributed by atoms with Gasteiger partial charge in [-0.25, -0.2) is 4.39 Å². The molecule has 146 valence electrons. The van der Waals surface area contributed by atoms with Gasteiger partial charge in [-0.05, 0) is 53.6 Å². The summed E-state index contributed by atoms with van der Waals surface area (Å²) in [7, 11) is 1.32. The highest BCUT2D eigenvalue weighted by atomic mass is 127. The van der Waals surface area contributed by atoms with E-state index in [2.05, 4.69) is 42.1 Å². The van der Waals surface area contributed by atoms with Crippen LogP contribution in [0.15, 0.2) is 53.5 Å². The molecule has 0 N–H and O–H groups in total. The molecule has 0 heterocycles. The third kappa shape index (κ3) is 7.12. The van der Waals surface area contributed by atoms with E-state index < -0.39 is 11.9 Å². The highest BCUT2D eigenvalue weighted by molar-refractivity contribution is 14.1. The van der Waals surface area contributed by atoms with Crippen molar-refractivity contribution in [2.45, 2.75) is 19.3 Å². The summed E-state index contributed by atoms with van der Waals surface area (Å²) in [6.45, 7) is 6.11. The van der Waals surface area contributed by atoms with Gasteiger partial charge in [0.25, 0.3) is 0 Å². The van der Waals surface area contributed by atoms with E-state index in [1.54, 1.807) is 47.3 Å². The van der Waals surface area contributed by atoms with Crippen molar-refractivity contribution >= 4 is 63.1 Å². The van der Waals surface area contributed by atoms with E-state index in [4.69, 9.17) is 7.80 Å². The topological polar surface area (TPSA) is 35.5 Å². The second-order valence-corrected chi connectivity index (χ2v) is 7.27. The molecule has 7 heteroatoms. The number of hydrogen-bond acceptors (Lipinski definition) is 4. The van der Waals surface area contributed by atoms with Crippen LogP contribution >= 0.6 is 51.6 Å². The van der Waals surface area contributed by atoms with Gasteiger partial charge in [-0.15, -0.1) is 0 Å². The highest BCUT2D eigenvalue weighted by Gasteiger charge is 2.29. The van der Waals surface area contributed by atoms with Crippen molar-refractivity contribution < 1.29 is 17.0 Å². The number of ether oxygens (including phenoxy) is 1. The van der Waals surface area contributed by atoms with Crippen LogP contribution < -0.4 is 3.07 Å². The fraction of sp³-hybridized carbons (Fsp3) is 0.250. The molecule has 2 rings (SSSR count). The van der Waals surface area contributed by atoms with Gasteiger partial charge in [0.15, 0.2) is 23.0 Å². The minimum Gasteiger partial charge on any atom is -0.468 e. The number of benzene rings is 2. The number of carbonyl (C=O) groups is 1. The van der Waals surface area contributed by atoms with Crippen molar-refractivity contribution in [1.82, 2.24) is 0 Å². The van der Waals surface area contributed by atoms with Gasteiger partial charge in [0.2, 0.25) is 0 Å². The maximum absolute atomic E-state index is 13.1. The van der Waals surface area contributed by atoms with E-state index >= 15 is 0 Å². The smallest absolute Gasteiger partial charge is 0.317 e. The standard InChI is InChI=1S/C17H13BrFIO3.C3H8S/c1-10(11-3-6-13(19)7-4-11)16(17(21)22-2)14-9-12(18)5-8-15(14)23-20;1-2-3-4/h3-9,16H,1H2,2H3;4H,2-3H2,1H3. The van der Waals surface area contributed by atoms with Gasteiger partial charge in [-0.2, -0.15) is 12.6 Å². The van der Waals surface area contributed by atoms with E-state index in [0.717, 1.165) is 10.2 Å². The molecule has 0 spiro atoms. The first-order valence-electron chi connectivity index (χ1n) is 8.11. The Hall–Kier alpha value is -1.06. The van der Waals surface area contributed by atoms with Gasteiger partial charge in [0.1, 0.15) is 17.5 Å². The molecule has 0 aliphatic carbocycles. The summed E-state index contributed by atoms with van der Waals surface area (Å²) in [5.41, 5.74) is 1.78. The van der Waals surface area contributed by atoms with E-state index in [0.29, 0.717) is 22.4 Å². The van der Waals surface area contributed by atoms with Crippen molar-refractivity contribution in [2.24, 2.45) is 0 Å². The Bertz CT molecular complexity index is 766. The van der Waals surface area contributed by atoms with Crippen LogP contribution in [0.2, 0.25) is 0 Å². The lowest BCUT2D eigenvalue weighted by molar-refractivity contribution is -0.140. The van der Waals surface area contributed by atoms with Crippen LogP contribution in [0.1, 0.15) is 30.4 Å². The molecule has 0 aliphatic heterocycles. The lowest BCUT2D eigenvalue weighted by Gasteiger charge is -2.20. The van der Waals surface area contributed by atoms with Crippen LogP contribution in [0, 0.1) is 5.82 Å². The molecule has 3 nitrogen and oxygen atoms in total. The first-order valence-corrected chi connectivity index (χ1v) is 10.4. The van der Waals surface area contributed by atoms with Crippen LogP contribution in [0.3, 0.4) is 0 Å². The maximum atomic E-state index is 13.1. The normalized spacial score (nSPS) is 11.0. The molecule has 0 fully saturated rings. The Labute approximate surface area is 187 Å². The van der Waals surface area contributed by atoms with Crippen LogP contribution in [0.25, 0.3) is 5.57 Å². The molecule has 1 unspecified atom stereocenters. The lowest BCUT2D eigenvalue weighted by atomic mass is 9.87. The van der Waals surface area contributed by atoms with Crippen molar-refractivity contribution in [1.29, 1.82) is 0 Å². The number of halogens is 3. The third-order valence-corrected chi connectivity index (χ3v) is 5.00. The number of esters is 1. The summed E-state index contributed by atoms with van der Waals surface area (Å²) < 4.78 is 24.2. The number of thiol groups is 1. The number of hydrogen-bond donors (Lipinski definition) is 1. The van der Waals surface area contributed by atoms with Gasteiger partial charge in [-0.3, -0.25) is 4.79 Å².